The molecule has 0 aliphatic carbocycles. The Morgan fingerprint density at radius 2 is 2.38 bits per heavy atom. The lowest BCUT2D eigenvalue weighted by Gasteiger charge is -2.04. The Hall–Kier alpha value is -1.88. The fourth-order valence-electron chi connectivity index (χ4n) is 1.25. The van der Waals surface area contributed by atoms with Crippen LogP contribution in [0.4, 0.5) is 5.69 Å². The van der Waals surface area contributed by atoms with Crippen molar-refractivity contribution in [2.45, 2.75) is 6.92 Å². The maximum atomic E-state index is 11.8. The lowest BCUT2D eigenvalue weighted by molar-refractivity contribution is 0.102. The third-order valence-electron chi connectivity index (χ3n) is 2.08. The van der Waals surface area contributed by atoms with Gasteiger partial charge in [0.1, 0.15) is 0 Å². The Bertz CT molecular complexity index is 523. The number of amides is 1. The number of carbonyl (C=O) groups excluding carboxylic acids is 1. The molecular formula is C10H9ClN4O. The maximum absolute atomic E-state index is 11.8. The highest BCUT2D eigenvalue weighted by Crippen LogP contribution is 2.18. The summed E-state index contributed by atoms with van der Waals surface area (Å²) < 4.78 is 0. The minimum absolute atomic E-state index is 0.261. The standard InChI is InChI=1S/C10H9ClN4O/c1-6-7(5-13-15-6)10(16)14-8-3-2-4-12-9(8)11/h2-5H,1H3,(H,13,15)(H,14,16). The Kier molecular flexibility index (Phi) is 2.87. The number of H-pyrrole nitrogens is 1. The van der Waals surface area contributed by atoms with Crippen molar-refractivity contribution in [1.29, 1.82) is 0 Å². The van der Waals surface area contributed by atoms with E-state index in [1.165, 1.54) is 6.20 Å². The smallest absolute Gasteiger partial charge is 0.259 e. The van der Waals surface area contributed by atoms with Crippen LogP contribution in [0.3, 0.4) is 0 Å². The van der Waals surface area contributed by atoms with Crippen molar-refractivity contribution in [3.8, 4) is 0 Å². The lowest BCUT2D eigenvalue weighted by Crippen LogP contribution is -2.12. The molecule has 2 aromatic rings. The molecule has 1 amide bonds. The van der Waals surface area contributed by atoms with Crippen LogP contribution in [-0.2, 0) is 0 Å². The van der Waals surface area contributed by atoms with Crippen LogP contribution in [0.25, 0.3) is 0 Å². The van der Waals surface area contributed by atoms with Gasteiger partial charge in [-0.05, 0) is 19.1 Å². The largest absolute Gasteiger partial charge is 0.319 e. The number of nitrogens with zero attached hydrogens (tertiary/aromatic N) is 2. The van der Waals surface area contributed by atoms with E-state index in [9.17, 15) is 4.79 Å². The first-order valence-electron chi connectivity index (χ1n) is 4.60. The van der Waals surface area contributed by atoms with Crippen LogP contribution in [-0.4, -0.2) is 21.1 Å². The summed E-state index contributed by atoms with van der Waals surface area (Å²) in [7, 11) is 0. The lowest BCUT2D eigenvalue weighted by atomic mass is 10.2. The summed E-state index contributed by atoms with van der Waals surface area (Å²) in [6, 6.07) is 3.38. The van der Waals surface area contributed by atoms with Crippen molar-refractivity contribution < 1.29 is 4.79 Å². The molecule has 0 bridgehead atoms. The van der Waals surface area contributed by atoms with Gasteiger partial charge >= 0.3 is 0 Å². The van der Waals surface area contributed by atoms with E-state index in [0.717, 1.165) is 0 Å². The highest BCUT2D eigenvalue weighted by Gasteiger charge is 2.12. The molecule has 2 rings (SSSR count). The number of nitrogens with one attached hydrogen (secondary N) is 2. The van der Waals surface area contributed by atoms with Gasteiger partial charge in [0.25, 0.3) is 5.91 Å². The average molecular weight is 237 g/mol. The van der Waals surface area contributed by atoms with Crippen molar-refractivity contribution in [1.82, 2.24) is 15.2 Å². The van der Waals surface area contributed by atoms with Crippen LogP contribution in [0.5, 0.6) is 0 Å². The van der Waals surface area contributed by atoms with Gasteiger partial charge in [0.2, 0.25) is 0 Å². The number of pyridine rings is 1. The summed E-state index contributed by atoms with van der Waals surface area (Å²) in [5.41, 5.74) is 1.67. The molecule has 0 aromatic carbocycles. The molecule has 0 unspecified atom stereocenters. The van der Waals surface area contributed by atoms with Crippen LogP contribution in [0.1, 0.15) is 16.1 Å². The maximum Gasteiger partial charge on any atom is 0.259 e. The van der Waals surface area contributed by atoms with E-state index in [4.69, 9.17) is 11.6 Å². The normalized spacial score (nSPS) is 10.1. The summed E-state index contributed by atoms with van der Waals surface area (Å²) >= 11 is 5.82. The fourth-order valence-corrected chi connectivity index (χ4v) is 1.42. The molecule has 0 atom stereocenters. The molecule has 5 nitrogen and oxygen atoms in total. The van der Waals surface area contributed by atoms with Crippen molar-refractivity contribution >= 4 is 23.2 Å². The van der Waals surface area contributed by atoms with E-state index >= 15 is 0 Å². The predicted octanol–water partition coefficient (Wildman–Crippen LogP) is 2.02. The molecule has 0 spiro atoms. The van der Waals surface area contributed by atoms with E-state index < -0.39 is 0 Å². The van der Waals surface area contributed by atoms with Gasteiger partial charge in [-0.15, -0.1) is 0 Å². The van der Waals surface area contributed by atoms with Gasteiger partial charge in [0, 0.05) is 11.9 Å². The number of anilines is 1. The van der Waals surface area contributed by atoms with Gasteiger partial charge in [0.15, 0.2) is 5.15 Å². The Morgan fingerprint density at radius 3 is 3.00 bits per heavy atom. The molecule has 82 valence electrons. The van der Waals surface area contributed by atoms with Crippen LogP contribution in [0, 0.1) is 6.92 Å². The molecule has 0 saturated heterocycles. The molecule has 16 heavy (non-hydrogen) atoms. The van der Waals surface area contributed by atoms with Crippen LogP contribution in [0.2, 0.25) is 5.15 Å². The first kappa shape index (κ1) is 10.6. The molecular weight excluding hydrogens is 228 g/mol. The van der Waals surface area contributed by atoms with E-state index in [1.807, 2.05) is 0 Å². The second kappa shape index (κ2) is 4.32. The van der Waals surface area contributed by atoms with Gasteiger partial charge in [-0.2, -0.15) is 5.10 Å². The first-order chi connectivity index (χ1) is 7.68. The summed E-state index contributed by atoms with van der Waals surface area (Å²) in [4.78, 5) is 15.7. The quantitative estimate of drug-likeness (QED) is 0.784. The highest BCUT2D eigenvalue weighted by molar-refractivity contribution is 6.32. The first-order valence-corrected chi connectivity index (χ1v) is 4.98. The molecule has 2 aromatic heterocycles. The minimum atomic E-state index is -0.263. The fraction of sp³-hybridized carbons (Fsp3) is 0.100. The number of halogens is 1. The number of aryl methyl sites for hydroxylation is 1. The minimum Gasteiger partial charge on any atom is -0.319 e. The molecule has 0 aliphatic heterocycles. The molecule has 0 radical (unpaired) electrons. The summed E-state index contributed by atoms with van der Waals surface area (Å²) in [5.74, 6) is -0.263. The third-order valence-corrected chi connectivity index (χ3v) is 2.38. The predicted molar refractivity (Wildman–Crippen MR) is 60.5 cm³/mol. The average Bonchev–Trinajstić information content (AvgIpc) is 2.68. The zero-order valence-electron chi connectivity index (χ0n) is 8.49. The molecule has 2 heterocycles. The van der Waals surface area contributed by atoms with Crippen molar-refractivity contribution in [2.24, 2.45) is 0 Å². The molecule has 2 N–H and O–H groups in total. The van der Waals surface area contributed by atoms with Gasteiger partial charge in [-0.3, -0.25) is 9.89 Å². The van der Waals surface area contributed by atoms with Gasteiger partial charge in [0.05, 0.1) is 17.4 Å². The van der Waals surface area contributed by atoms with Crippen LogP contribution in [0.15, 0.2) is 24.5 Å². The number of aromatic nitrogens is 3. The monoisotopic (exact) mass is 236 g/mol. The Morgan fingerprint density at radius 1 is 1.56 bits per heavy atom. The second-order valence-corrected chi connectivity index (χ2v) is 3.56. The van der Waals surface area contributed by atoms with E-state index in [-0.39, 0.29) is 11.1 Å². The zero-order valence-corrected chi connectivity index (χ0v) is 9.25. The number of carbonyl (C=O) groups is 1. The molecule has 0 fully saturated rings. The SMILES string of the molecule is Cc1[nH]ncc1C(=O)Nc1cccnc1Cl. The topological polar surface area (TPSA) is 70.7 Å². The Balaban J connectivity index is 2.21. The summed E-state index contributed by atoms with van der Waals surface area (Å²) in [5, 5.41) is 9.38. The number of hydrogen-bond acceptors (Lipinski definition) is 3. The van der Waals surface area contributed by atoms with Crippen LogP contribution >= 0.6 is 11.6 Å². The highest BCUT2D eigenvalue weighted by atomic mass is 35.5. The number of rotatable bonds is 2. The number of hydrogen-bond donors (Lipinski definition) is 2. The molecule has 6 heteroatoms. The number of aromatic amines is 1. The summed E-state index contributed by atoms with van der Waals surface area (Å²) in [6.07, 6.45) is 3.02. The third kappa shape index (κ3) is 2.04. The molecule has 0 saturated carbocycles. The Labute approximate surface area is 96.8 Å². The van der Waals surface area contributed by atoms with Crippen molar-refractivity contribution in [3.05, 3.63) is 40.9 Å². The second-order valence-electron chi connectivity index (χ2n) is 3.20. The van der Waals surface area contributed by atoms with Gasteiger partial charge < -0.3 is 5.32 Å². The summed E-state index contributed by atoms with van der Waals surface area (Å²) in [6.45, 7) is 1.77. The van der Waals surface area contributed by atoms with Crippen molar-refractivity contribution in [2.75, 3.05) is 5.32 Å². The van der Waals surface area contributed by atoms with E-state index in [0.29, 0.717) is 16.9 Å². The van der Waals surface area contributed by atoms with Gasteiger partial charge in [-0.1, -0.05) is 11.6 Å². The van der Waals surface area contributed by atoms with Gasteiger partial charge in [-0.25, -0.2) is 4.98 Å². The zero-order chi connectivity index (χ0) is 11.5. The van der Waals surface area contributed by atoms with E-state index in [2.05, 4.69) is 20.5 Å². The van der Waals surface area contributed by atoms with Crippen LogP contribution < -0.4 is 5.32 Å². The van der Waals surface area contributed by atoms with E-state index in [1.54, 1.807) is 25.3 Å². The molecule has 0 aliphatic rings. The van der Waals surface area contributed by atoms with Crippen molar-refractivity contribution in [3.63, 3.8) is 0 Å².